The van der Waals surface area contributed by atoms with Gasteiger partial charge >= 0.3 is 5.97 Å². The van der Waals surface area contributed by atoms with Crippen LogP contribution in [-0.4, -0.2) is 16.2 Å². The van der Waals surface area contributed by atoms with Crippen LogP contribution in [0.1, 0.15) is 54.3 Å². The standard InChI is InChI=1S/C18H20N2O3/c21-18(22)16-8-15(16)11-4-6-14(7-5-11)19-9-13-10-23-20-17(13)12-2-1-3-12/h4-7,10,12,15-16,19H,1-3,8-9H2,(H,21,22)/t15-,16+/m0/s1. The lowest BCUT2D eigenvalue weighted by atomic mass is 9.81. The number of hydrogen-bond acceptors (Lipinski definition) is 4. The second-order valence-corrected chi connectivity index (χ2v) is 6.62. The normalized spacial score (nSPS) is 23.3. The van der Waals surface area contributed by atoms with Gasteiger partial charge in [0, 0.05) is 23.7 Å². The molecule has 0 radical (unpaired) electrons. The molecular formula is C18H20N2O3. The molecule has 2 aliphatic carbocycles. The summed E-state index contributed by atoms with van der Waals surface area (Å²) in [5.74, 6) is -0.135. The number of nitrogens with one attached hydrogen (secondary N) is 1. The first kappa shape index (κ1) is 14.3. The van der Waals surface area contributed by atoms with E-state index in [4.69, 9.17) is 9.63 Å². The molecule has 1 heterocycles. The molecule has 2 atom stereocenters. The van der Waals surface area contributed by atoms with E-state index in [0.29, 0.717) is 12.5 Å². The van der Waals surface area contributed by atoms with Crippen LogP contribution in [0.5, 0.6) is 0 Å². The van der Waals surface area contributed by atoms with Crippen molar-refractivity contribution in [2.24, 2.45) is 5.92 Å². The Morgan fingerprint density at radius 1 is 1.30 bits per heavy atom. The predicted octanol–water partition coefficient (Wildman–Crippen LogP) is 3.74. The highest BCUT2D eigenvalue weighted by molar-refractivity contribution is 5.75. The molecule has 4 rings (SSSR count). The van der Waals surface area contributed by atoms with Crippen LogP contribution in [-0.2, 0) is 11.3 Å². The van der Waals surface area contributed by atoms with Gasteiger partial charge in [-0.25, -0.2) is 0 Å². The molecule has 0 aliphatic heterocycles. The van der Waals surface area contributed by atoms with Crippen LogP contribution in [0.15, 0.2) is 35.1 Å². The van der Waals surface area contributed by atoms with E-state index in [2.05, 4.69) is 10.5 Å². The Morgan fingerprint density at radius 2 is 2.09 bits per heavy atom. The lowest BCUT2D eigenvalue weighted by Gasteiger charge is -2.23. The monoisotopic (exact) mass is 312 g/mol. The molecule has 0 saturated heterocycles. The Balaban J connectivity index is 1.36. The number of nitrogens with zero attached hydrogens (tertiary/aromatic N) is 1. The van der Waals surface area contributed by atoms with E-state index in [-0.39, 0.29) is 11.8 Å². The molecule has 0 spiro atoms. The van der Waals surface area contributed by atoms with E-state index < -0.39 is 5.97 Å². The molecular weight excluding hydrogens is 292 g/mol. The molecule has 2 aliphatic rings. The third kappa shape index (κ3) is 2.83. The summed E-state index contributed by atoms with van der Waals surface area (Å²) >= 11 is 0. The van der Waals surface area contributed by atoms with Crippen molar-refractivity contribution in [3.8, 4) is 0 Å². The summed E-state index contributed by atoms with van der Waals surface area (Å²) in [4.78, 5) is 10.9. The van der Waals surface area contributed by atoms with Gasteiger partial charge in [-0.3, -0.25) is 4.79 Å². The highest BCUT2D eigenvalue weighted by Crippen LogP contribution is 2.47. The largest absolute Gasteiger partial charge is 0.481 e. The maximum atomic E-state index is 10.9. The van der Waals surface area contributed by atoms with E-state index in [9.17, 15) is 4.79 Å². The maximum absolute atomic E-state index is 10.9. The molecule has 0 bridgehead atoms. The van der Waals surface area contributed by atoms with Crippen molar-refractivity contribution in [1.29, 1.82) is 0 Å². The van der Waals surface area contributed by atoms with Crippen molar-refractivity contribution in [3.63, 3.8) is 0 Å². The van der Waals surface area contributed by atoms with Crippen LogP contribution in [0.4, 0.5) is 5.69 Å². The topological polar surface area (TPSA) is 75.4 Å². The first-order valence-electron chi connectivity index (χ1n) is 8.22. The van der Waals surface area contributed by atoms with Crippen LogP contribution in [0.3, 0.4) is 0 Å². The molecule has 23 heavy (non-hydrogen) atoms. The lowest BCUT2D eigenvalue weighted by Crippen LogP contribution is -2.12. The van der Waals surface area contributed by atoms with Gasteiger partial charge < -0.3 is 14.9 Å². The zero-order chi connectivity index (χ0) is 15.8. The number of aromatic nitrogens is 1. The van der Waals surface area contributed by atoms with E-state index in [1.807, 2.05) is 24.3 Å². The summed E-state index contributed by atoms with van der Waals surface area (Å²) in [7, 11) is 0. The molecule has 5 nitrogen and oxygen atoms in total. The van der Waals surface area contributed by atoms with Crippen molar-refractivity contribution in [1.82, 2.24) is 5.16 Å². The third-order valence-electron chi connectivity index (χ3n) is 5.10. The van der Waals surface area contributed by atoms with Gasteiger partial charge in [0.2, 0.25) is 0 Å². The van der Waals surface area contributed by atoms with Crippen LogP contribution in [0.2, 0.25) is 0 Å². The number of hydrogen-bond donors (Lipinski definition) is 2. The molecule has 5 heteroatoms. The summed E-state index contributed by atoms with van der Waals surface area (Å²) in [6.45, 7) is 0.704. The maximum Gasteiger partial charge on any atom is 0.307 e. The number of rotatable bonds is 6. The molecule has 1 aromatic heterocycles. The zero-order valence-electron chi connectivity index (χ0n) is 12.9. The highest BCUT2D eigenvalue weighted by atomic mass is 16.5. The molecule has 2 N–H and O–H groups in total. The minimum Gasteiger partial charge on any atom is -0.481 e. The van der Waals surface area contributed by atoms with E-state index in [0.717, 1.165) is 28.9 Å². The van der Waals surface area contributed by atoms with Gasteiger partial charge in [-0.05, 0) is 42.9 Å². The fourth-order valence-corrected chi connectivity index (χ4v) is 3.30. The molecule has 2 fully saturated rings. The fourth-order valence-electron chi connectivity index (χ4n) is 3.30. The van der Waals surface area contributed by atoms with Crippen LogP contribution in [0, 0.1) is 5.92 Å². The summed E-state index contributed by atoms with van der Waals surface area (Å²) < 4.78 is 5.14. The van der Waals surface area contributed by atoms with Gasteiger partial charge in [0.05, 0.1) is 11.6 Å². The molecule has 1 aromatic carbocycles. The molecule has 0 unspecified atom stereocenters. The fraction of sp³-hybridized carbons (Fsp3) is 0.444. The quantitative estimate of drug-likeness (QED) is 0.850. The Hall–Kier alpha value is -2.30. The van der Waals surface area contributed by atoms with Gasteiger partial charge in [0.1, 0.15) is 6.26 Å². The highest BCUT2D eigenvalue weighted by Gasteiger charge is 2.43. The molecule has 120 valence electrons. The Bertz CT molecular complexity index is 703. The number of aliphatic carboxylic acids is 1. The van der Waals surface area contributed by atoms with E-state index >= 15 is 0 Å². The van der Waals surface area contributed by atoms with Crippen LogP contribution < -0.4 is 5.32 Å². The number of carboxylic acids is 1. The van der Waals surface area contributed by atoms with Gasteiger partial charge in [-0.1, -0.05) is 23.7 Å². The summed E-state index contributed by atoms with van der Waals surface area (Å²) in [5, 5.41) is 16.5. The van der Waals surface area contributed by atoms with Crippen molar-refractivity contribution < 1.29 is 14.4 Å². The Kier molecular flexibility index (Phi) is 3.56. The van der Waals surface area contributed by atoms with E-state index in [1.54, 1.807) is 6.26 Å². The SMILES string of the molecule is O=C(O)[C@@H]1C[C@H]1c1ccc(NCc2conc2C2CCC2)cc1. The van der Waals surface area contributed by atoms with Gasteiger partial charge in [-0.2, -0.15) is 0 Å². The Labute approximate surface area is 134 Å². The van der Waals surface area contributed by atoms with Crippen molar-refractivity contribution >= 4 is 11.7 Å². The smallest absolute Gasteiger partial charge is 0.307 e. The van der Waals surface area contributed by atoms with Gasteiger partial charge in [0.15, 0.2) is 0 Å². The second kappa shape index (κ2) is 5.72. The molecule has 2 saturated carbocycles. The third-order valence-corrected chi connectivity index (χ3v) is 5.10. The predicted molar refractivity (Wildman–Crippen MR) is 85.3 cm³/mol. The first-order valence-corrected chi connectivity index (χ1v) is 8.22. The van der Waals surface area contributed by atoms with Crippen molar-refractivity contribution in [2.45, 2.75) is 44.1 Å². The summed E-state index contributed by atoms with van der Waals surface area (Å²) in [6.07, 6.45) is 6.19. The average molecular weight is 312 g/mol. The number of carboxylic acid groups (broad SMARTS) is 1. The number of carbonyl (C=O) groups is 1. The Morgan fingerprint density at radius 3 is 2.70 bits per heavy atom. The molecule has 2 aromatic rings. The second-order valence-electron chi connectivity index (χ2n) is 6.62. The summed E-state index contributed by atoms with van der Waals surface area (Å²) in [5.41, 5.74) is 4.37. The van der Waals surface area contributed by atoms with Crippen molar-refractivity contribution in [2.75, 3.05) is 5.32 Å². The average Bonchev–Trinajstić information content (AvgIpc) is 3.19. The number of anilines is 1. The van der Waals surface area contributed by atoms with Gasteiger partial charge in [-0.15, -0.1) is 0 Å². The minimum atomic E-state index is -0.687. The van der Waals surface area contributed by atoms with Crippen LogP contribution in [0.25, 0.3) is 0 Å². The molecule has 0 amide bonds. The lowest BCUT2D eigenvalue weighted by molar-refractivity contribution is -0.138. The van der Waals surface area contributed by atoms with Crippen molar-refractivity contribution in [3.05, 3.63) is 47.3 Å². The van der Waals surface area contributed by atoms with E-state index in [1.165, 1.54) is 19.3 Å². The summed E-state index contributed by atoms with van der Waals surface area (Å²) in [6, 6.07) is 8.08. The van der Waals surface area contributed by atoms with Gasteiger partial charge in [0.25, 0.3) is 0 Å². The van der Waals surface area contributed by atoms with Crippen LogP contribution >= 0.6 is 0 Å². The first-order chi connectivity index (χ1) is 11.2. The minimum absolute atomic E-state index is 0.185. The zero-order valence-corrected chi connectivity index (χ0v) is 12.9. The number of benzene rings is 1.